The topological polar surface area (TPSA) is 70.6 Å². The van der Waals surface area contributed by atoms with Crippen LogP contribution in [0.1, 0.15) is 24.5 Å². The third-order valence-corrected chi connectivity index (χ3v) is 3.79. The standard InChI is InChI=1S/C19H17ClF3N3O2/c1-12(25-26-18(28)10-13-5-7-15(20)8-6-13)9-17(27)24-16-4-2-3-14(11-16)19(21,22)23/h2-8,11H,9-10H2,1H3,(H,24,27)(H,26,28). The summed E-state index contributed by atoms with van der Waals surface area (Å²) in [6, 6.07) is 11.1. The molecule has 2 aromatic carbocycles. The van der Waals surface area contributed by atoms with Gasteiger partial charge in [-0.15, -0.1) is 0 Å². The number of anilines is 1. The van der Waals surface area contributed by atoms with Crippen molar-refractivity contribution in [3.8, 4) is 0 Å². The van der Waals surface area contributed by atoms with Crippen molar-refractivity contribution in [3.63, 3.8) is 0 Å². The molecule has 9 heteroatoms. The summed E-state index contributed by atoms with van der Waals surface area (Å²) in [6.45, 7) is 1.52. The lowest BCUT2D eigenvalue weighted by molar-refractivity contribution is -0.137. The number of hydrogen-bond acceptors (Lipinski definition) is 3. The van der Waals surface area contributed by atoms with Crippen LogP contribution in [0.5, 0.6) is 0 Å². The first-order valence-corrected chi connectivity index (χ1v) is 8.55. The molecule has 0 aliphatic rings. The van der Waals surface area contributed by atoms with Gasteiger partial charge in [0.25, 0.3) is 0 Å². The average Bonchev–Trinajstić information content (AvgIpc) is 2.61. The quantitative estimate of drug-likeness (QED) is 0.545. The van der Waals surface area contributed by atoms with Crippen molar-refractivity contribution < 1.29 is 22.8 Å². The largest absolute Gasteiger partial charge is 0.416 e. The van der Waals surface area contributed by atoms with E-state index in [2.05, 4.69) is 15.8 Å². The van der Waals surface area contributed by atoms with E-state index in [0.717, 1.165) is 17.7 Å². The predicted molar refractivity (Wildman–Crippen MR) is 101 cm³/mol. The number of hydrazone groups is 1. The molecule has 2 aromatic rings. The number of carbonyl (C=O) groups is 2. The number of hydrogen-bond donors (Lipinski definition) is 2. The lowest BCUT2D eigenvalue weighted by Crippen LogP contribution is -2.23. The Balaban J connectivity index is 1.86. The Morgan fingerprint density at radius 2 is 1.75 bits per heavy atom. The fourth-order valence-electron chi connectivity index (χ4n) is 2.24. The van der Waals surface area contributed by atoms with Gasteiger partial charge in [-0.1, -0.05) is 29.8 Å². The maximum Gasteiger partial charge on any atom is 0.416 e. The number of amides is 2. The molecule has 2 rings (SSSR count). The second-order valence-corrected chi connectivity index (χ2v) is 6.43. The Kier molecular flexibility index (Phi) is 7.17. The highest BCUT2D eigenvalue weighted by Crippen LogP contribution is 2.30. The van der Waals surface area contributed by atoms with Gasteiger partial charge in [0.2, 0.25) is 11.8 Å². The van der Waals surface area contributed by atoms with Gasteiger partial charge in [0.15, 0.2) is 0 Å². The van der Waals surface area contributed by atoms with Crippen LogP contribution in [0.2, 0.25) is 5.02 Å². The first-order chi connectivity index (χ1) is 13.1. The molecule has 2 amide bonds. The SMILES string of the molecule is CC(CC(=O)Nc1cccc(C(F)(F)F)c1)=NNC(=O)Cc1ccc(Cl)cc1. The molecule has 0 bridgehead atoms. The van der Waals surface area contributed by atoms with E-state index in [0.29, 0.717) is 10.7 Å². The van der Waals surface area contributed by atoms with Crippen LogP contribution in [0.25, 0.3) is 0 Å². The molecule has 0 fully saturated rings. The maximum absolute atomic E-state index is 12.7. The normalized spacial score (nSPS) is 11.8. The number of carbonyl (C=O) groups excluding carboxylic acids is 2. The molecule has 0 aliphatic carbocycles. The number of nitrogens with zero attached hydrogens (tertiary/aromatic N) is 1. The molecule has 0 atom stereocenters. The summed E-state index contributed by atoms with van der Waals surface area (Å²) in [6.07, 6.45) is -4.59. The third kappa shape index (κ3) is 7.03. The van der Waals surface area contributed by atoms with Gasteiger partial charge in [-0.3, -0.25) is 9.59 Å². The Hall–Kier alpha value is -2.87. The zero-order valence-corrected chi connectivity index (χ0v) is 15.6. The van der Waals surface area contributed by atoms with Crippen LogP contribution in [0.15, 0.2) is 53.6 Å². The highest BCUT2D eigenvalue weighted by atomic mass is 35.5. The second kappa shape index (κ2) is 9.36. The number of alkyl halides is 3. The van der Waals surface area contributed by atoms with Crippen molar-refractivity contribution >= 4 is 34.8 Å². The van der Waals surface area contributed by atoms with Crippen molar-refractivity contribution in [1.82, 2.24) is 5.43 Å². The zero-order chi connectivity index (χ0) is 20.7. The molecule has 0 saturated carbocycles. The minimum absolute atomic E-state index is 0.0272. The van der Waals surface area contributed by atoms with Crippen LogP contribution in [0.4, 0.5) is 18.9 Å². The van der Waals surface area contributed by atoms with Gasteiger partial charge in [0.1, 0.15) is 0 Å². The molecule has 0 heterocycles. The van der Waals surface area contributed by atoms with Gasteiger partial charge in [0, 0.05) is 16.4 Å². The summed E-state index contributed by atoms with van der Waals surface area (Å²) < 4.78 is 38.1. The van der Waals surface area contributed by atoms with Crippen LogP contribution in [-0.2, 0) is 22.2 Å². The van der Waals surface area contributed by atoms with Crippen molar-refractivity contribution in [2.24, 2.45) is 5.10 Å². The van der Waals surface area contributed by atoms with E-state index >= 15 is 0 Å². The van der Waals surface area contributed by atoms with Crippen molar-refractivity contribution in [2.45, 2.75) is 25.9 Å². The molecule has 5 nitrogen and oxygen atoms in total. The zero-order valence-electron chi connectivity index (χ0n) is 14.8. The molecular weight excluding hydrogens is 395 g/mol. The fraction of sp³-hybridized carbons (Fsp3) is 0.211. The van der Waals surface area contributed by atoms with Gasteiger partial charge >= 0.3 is 6.18 Å². The van der Waals surface area contributed by atoms with E-state index in [1.807, 2.05) is 0 Å². The molecule has 0 unspecified atom stereocenters. The molecule has 0 aliphatic heterocycles. The molecule has 0 radical (unpaired) electrons. The lowest BCUT2D eigenvalue weighted by atomic mass is 10.1. The summed E-state index contributed by atoms with van der Waals surface area (Å²) in [5.41, 5.74) is 2.55. The maximum atomic E-state index is 12.7. The minimum atomic E-state index is -4.49. The van der Waals surface area contributed by atoms with Gasteiger partial charge in [0.05, 0.1) is 18.4 Å². The van der Waals surface area contributed by atoms with Crippen LogP contribution >= 0.6 is 11.6 Å². The predicted octanol–water partition coefficient (Wildman–Crippen LogP) is 4.42. The van der Waals surface area contributed by atoms with Crippen molar-refractivity contribution in [3.05, 3.63) is 64.7 Å². The first-order valence-electron chi connectivity index (χ1n) is 8.17. The Morgan fingerprint density at radius 1 is 1.07 bits per heavy atom. The fourth-order valence-corrected chi connectivity index (χ4v) is 2.36. The van der Waals surface area contributed by atoms with E-state index in [4.69, 9.17) is 11.6 Å². The van der Waals surface area contributed by atoms with E-state index < -0.39 is 17.6 Å². The first kappa shape index (κ1) is 21.4. The molecule has 0 aromatic heterocycles. The average molecular weight is 412 g/mol. The Labute approximate surface area is 164 Å². The van der Waals surface area contributed by atoms with Gasteiger partial charge in [-0.05, 0) is 42.8 Å². The molecule has 0 saturated heterocycles. The van der Waals surface area contributed by atoms with E-state index in [9.17, 15) is 22.8 Å². The van der Waals surface area contributed by atoms with Gasteiger partial charge in [-0.25, -0.2) is 5.43 Å². The van der Waals surface area contributed by atoms with Crippen LogP contribution in [0, 0.1) is 0 Å². The van der Waals surface area contributed by atoms with E-state index in [1.165, 1.54) is 19.1 Å². The number of halogens is 4. The monoisotopic (exact) mass is 411 g/mol. The van der Waals surface area contributed by atoms with Crippen LogP contribution < -0.4 is 10.7 Å². The molecule has 148 valence electrons. The highest BCUT2D eigenvalue weighted by molar-refractivity contribution is 6.30. The summed E-state index contributed by atoms with van der Waals surface area (Å²) in [7, 11) is 0. The minimum Gasteiger partial charge on any atom is -0.326 e. The summed E-state index contributed by atoms with van der Waals surface area (Å²) in [4.78, 5) is 23.8. The van der Waals surface area contributed by atoms with E-state index in [1.54, 1.807) is 24.3 Å². The molecular formula is C19H17ClF3N3O2. The van der Waals surface area contributed by atoms with Gasteiger partial charge in [-0.2, -0.15) is 18.3 Å². The smallest absolute Gasteiger partial charge is 0.326 e. The number of nitrogens with one attached hydrogen (secondary N) is 2. The van der Waals surface area contributed by atoms with Crippen molar-refractivity contribution in [1.29, 1.82) is 0 Å². The van der Waals surface area contributed by atoms with E-state index in [-0.39, 0.29) is 24.4 Å². The molecule has 28 heavy (non-hydrogen) atoms. The Morgan fingerprint density at radius 3 is 2.39 bits per heavy atom. The molecule has 2 N–H and O–H groups in total. The number of benzene rings is 2. The van der Waals surface area contributed by atoms with Crippen LogP contribution in [-0.4, -0.2) is 17.5 Å². The lowest BCUT2D eigenvalue weighted by Gasteiger charge is -2.10. The number of rotatable bonds is 6. The molecule has 0 spiro atoms. The highest BCUT2D eigenvalue weighted by Gasteiger charge is 2.30. The summed E-state index contributed by atoms with van der Waals surface area (Å²) in [5.74, 6) is -0.924. The van der Waals surface area contributed by atoms with Gasteiger partial charge < -0.3 is 5.32 Å². The summed E-state index contributed by atoms with van der Waals surface area (Å²) >= 11 is 5.77. The van der Waals surface area contributed by atoms with Crippen molar-refractivity contribution in [2.75, 3.05) is 5.32 Å². The van der Waals surface area contributed by atoms with Crippen LogP contribution in [0.3, 0.4) is 0 Å². The Bertz CT molecular complexity index is 881. The summed E-state index contributed by atoms with van der Waals surface area (Å²) in [5, 5.41) is 6.76. The second-order valence-electron chi connectivity index (χ2n) is 5.99. The third-order valence-electron chi connectivity index (χ3n) is 3.54.